The molecule has 0 fully saturated rings. The van der Waals surface area contributed by atoms with Gasteiger partial charge in [-0.25, -0.2) is 0 Å². The minimum atomic E-state index is -0.244. The first-order chi connectivity index (χ1) is 10.1. The fourth-order valence-electron chi connectivity index (χ4n) is 2.09. The number of nitrogens with one attached hydrogen (secondary N) is 1. The normalized spacial score (nSPS) is 11.9. The van der Waals surface area contributed by atoms with Crippen molar-refractivity contribution in [3.63, 3.8) is 0 Å². The van der Waals surface area contributed by atoms with Gasteiger partial charge in [-0.3, -0.25) is 4.79 Å². The number of aryl methyl sites for hydroxylation is 1. The number of carbonyl (C=O) groups excluding carboxylic acids is 1. The summed E-state index contributed by atoms with van der Waals surface area (Å²) < 4.78 is 6.54. The van der Waals surface area contributed by atoms with Gasteiger partial charge in [-0.15, -0.1) is 11.3 Å². The van der Waals surface area contributed by atoms with Crippen LogP contribution in [0.25, 0.3) is 0 Å². The fourth-order valence-corrected chi connectivity index (χ4v) is 2.90. The number of methoxy groups -OCH3 is 1. The third-order valence-electron chi connectivity index (χ3n) is 3.21. The molecule has 1 unspecified atom stereocenters. The van der Waals surface area contributed by atoms with E-state index in [-0.39, 0.29) is 18.4 Å². The molecule has 2 heterocycles. The minimum Gasteiger partial charge on any atom is -0.469 e. The Labute approximate surface area is 127 Å². The van der Waals surface area contributed by atoms with Gasteiger partial charge in [-0.2, -0.15) is 5.26 Å². The number of carbonyl (C=O) groups is 1. The Morgan fingerprint density at radius 1 is 1.62 bits per heavy atom. The van der Waals surface area contributed by atoms with Crippen LogP contribution < -0.4 is 5.32 Å². The average Bonchev–Trinajstić information content (AvgIpc) is 3.12. The number of nitriles is 1. The summed E-state index contributed by atoms with van der Waals surface area (Å²) in [5.74, 6) is -0.244. The highest BCUT2D eigenvalue weighted by atomic mass is 32.1. The van der Waals surface area contributed by atoms with Gasteiger partial charge in [0.2, 0.25) is 0 Å². The Bertz CT molecular complexity index is 640. The molecular formula is C15H17N3O2S. The molecule has 0 saturated heterocycles. The molecule has 0 aliphatic carbocycles. The topological polar surface area (TPSA) is 67.0 Å². The van der Waals surface area contributed by atoms with Crippen molar-refractivity contribution in [3.05, 3.63) is 45.9 Å². The van der Waals surface area contributed by atoms with E-state index in [9.17, 15) is 4.79 Å². The molecule has 1 atom stereocenters. The molecule has 0 bridgehead atoms. The van der Waals surface area contributed by atoms with Crippen LogP contribution in [0.15, 0.2) is 29.8 Å². The summed E-state index contributed by atoms with van der Waals surface area (Å²) in [5, 5.41) is 14.3. The fraction of sp³-hybridized carbons (Fsp3) is 0.333. The van der Waals surface area contributed by atoms with Crippen LogP contribution in [-0.4, -0.2) is 17.6 Å². The van der Waals surface area contributed by atoms with Crippen LogP contribution in [0.2, 0.25) is 0 Å². The molecule has 21 heavy (non-hydrogen) atoms. The van der Waals surface area contributed by atoms with Gasteiger partial charge in [0.15, 0.2) is 0 Å². The van der Waals surface area contributed by atoms with E-state index < -0.39 is 0 Å². The van der Waals surface area contributed by atoms with Crippen molar-refractivity contribution in [2.75, 3.05) is 7.11 Å². The van der Waals surface area contributed by atoms with Crippen LogP contribution in [0.5, 0.6) is 0 Å². The van der Waals surface area contributed by atoms with Crippen molar-refractivity contribution in [1.29, 1.82) is 5.26 Å². The van der Waals surface area contributed by atoms with Crippen molar-refractivity contribution >= 4 is 17.3 Å². The van der Waals surface area contributed by atoms with Crippen LogP contribution >= 0.6 is 11.3 Å². The number of rotatable bonds is 6. The summed E-state index contributed by atoms with van der Waals surface area (Å²) in [6, 6.07) is 7.86. The number of ether oxygens (including phenoxy) is 1. The second-order valence-corrected chi connectivity index (χ2v) is 5.66. The van der Waals surface area contributed by atoms with Crippen molar-refractivity contribution < 1.29 is 9.53 Å². The van der Waals surface area contributed by atoms with E-state index in [4.69, 9.17) is 10.00 Å². The SMILES string of the molecule is COC(=O)CC(NCc1cc(C#N)n(C)c1)c1cccs1. The molecule has 0 aliphatic heterocycles. The second-order valence-electron chi connectivity index (χ2n) is 4.69. The van der Waals surface area contributed by atoms with Gasteiger partial charge in [0.05, 0.1) is 19.6 Å². The Kier molecular flexibility index (Phi) is 5.14. The van der Waals surface area contributed by atoms with E-state index >= 15 is 0 Å². The van der Waals surface area contributed by atoms with Crippen molar-refractivity contribution in [1.82, 2.24) is 9.88 Å². The summed E-state index contributed by atoms with van der Waals surface area (Å²) >= 11 is 1.60. The number of nitrogens with zero attached hydrogens (tertiary/aromatic N) is 2. The van der Waals surface area contributed by atoms with Gasteiger partial charge in [0, 0.05) is 24.7 Å². The summed E-state index contributed by atoms with van der Waals surface area (Å²) in [6.45, 7) is 0.592. The number of aromatic nitrogens is 1. The lowest BCUT2D eigenvalue weighted by Gasteiger charge is -2.15. The van der Waals surface area contributed by atoms with Crippen molar-refractivity contribution in [2.24, 2.45) is 7.05 Å². The van der Waals surface area contributed by atoms with Crippen LogP contribution in [0.4, 0.5) is 0 Å². The van der Waals surface area contributed by atoms with Gasteiger partial charge >= 0.3 is 5.97 Å². The first kappa shape index (κ1) is 15.3. The summed E-state index contributed by atoms with van der Waals surface area (Å²) in [6.07, 6.45) is 2.20. The lowest BCUT2D eigenvalue weighted by molar-refractivity contribution is -0.141. The second kappa shape index (κ2) is 7.07. The maximum absolute atomic E-state index is 11.5. The molecule has 0 spiro atoms. The zero-order valence-corrected chi connectivity index (χ0v) is 12.8. The molecule has 110 valence electrons. The summed E-state index contributed by atoms with van der Waals surface area (Å²) in [7, 11) is 3.23. The maximum Gasteiger partial charge on any atom is 0.307 e. The third-order valence-corrected chi connectivity index (χ3v) is 4.20. The van der Waals surface area contributed by atoms with Gasteiger partial charge in [0.25, 0.3) is 0 Å². The van der Waals surface area contributed by atoms with Crippen LogP contribution in [0.3, 0.4) is 0 Å². The lowest BCUT2D eigenvalue weighted by atomic mass is 10.1. The zero-order chi connectivity index (χ0) is 15.2. The van der Waals surface area contributed by atoms with Crippen molar-refractivity contribution in [2.45, 2.75) is 19.0 Å². The van der Waals surface area contributed by atoms with Crippen LogP contribution in [0.1, 0.15) is 28.6 Å². The molecule has 6 heteroatoms. The molecule has 0 amide bonds. The minimum absolute atomic E-state index is 0.0804. The summed E-state index contributed by atoms with van der Waals surface area (Å²) in [4.78, 5) is 12.6. The quantitative estimate of drug-likeness (QED) is 0.832. The van der Waals surface area contributed by atoms with Gasteiger partial charge in [-0.1, -0.05) is 6.07 Å². The Morgan fingerprint density at radius 3 is 3.00 bits per heavy atom. The molecule has 0 aliphatic rings. The molecule has 0 saturated carbocycles. The smallest absolute Gasteiger partial charge is 0.307 e. The molecule has 2 aromatic heterocycles. The Hall–Kier alpha value is -2.10. The maximum atomic E-state index is 11.5. The van der Waals surface area contributed by atoms with E-state index in [2.05, 4.69) is 11.4 Å². The van der Waals surface area contributed by atoms with E-state index in [1.54, 1.807) is 15.9 Å². The highest BCUT2D eigenvalue weighted by Crippen LogP contribution is 2.23. The predicted molar refractivity (Wildman–Crippen MR) is 80.7 cm³/mol. The third kappa shape index (κ3) is 3.94. The molecule has 2 aromatic rings. The van der Waals surface area contributed by atoms with Gasteiger partial charge in [-0.05, 0) is 23.1 Å². The van der Waals surface area contributed by atoms with E-state index in [0.29, 0.717) is 12.2 Å². The molecule has 2 rings (SSSR count). The van der Waals surface area contributed by atoms with Crippen molar-refractivity contribution in [3.8, 4) is 6.07 Å². The number of hydrogen-bond acceptors (Lipinski definition) is 5. The van der Waals surface area contributed by atoms with Gasteiger partial charge < -0.3 is 14.6 Å². The molecule has 0 radical (unpaired) electrons. The number of thiophene rings is 1. The number of esters is 1. The standard InChI is InChI=1S/C15H17N3O2S/c1-18-10-11(6-12(18)8-16)9-17-13(7-15(19)20-2)14-4-3-5-21-14/h3-6,10,13,17H,7,9H2,1-2H3. The van der Waals surface area contributed by atoms with Crippen LogP contribution in [-0.2, 0) is 23.1 Å². The first-order valence-electron chi connectivity index (χ1n) is 6.53. The van der Waals surface area contributed by atoms with Crippen LogP contribution in [0, 0.1) is 11.3 Å². The zero-order valence-electron chi connectivity index (χ0n) is 12.0. The molecule has 5 nitrogen and oxygen atoms in total. The monoisotopic (exact) mass is 303 g/mol. The highest BCUT2D eigenvalue weighted by molar-refractivity contribution is 7.10. The highest BCUT2D eigenvalue weighted by Gasteiger charge is 2.17. The molecule has 0 aromatic carbocycles. The molecular weight excluding hydrogens is 286 g/mol. The largest absolute Gasteiger partial charge is 0.469 e. The van der Waals surface area contributed by atoms with E-state index in [0.717, 1.165) is 10.4 Å². The van der Waals surface area contributed by atoms with E-state index in [1.165, 1.54) is 7.11 Å². The van der Waals surface area contributed by atoms with Gasteiger partial charge in [0.1, 0.15) is 11.8 Å². The molecule has 1 N–H and O–H groups in total. The average molecular weight is 303 g/mol. The Morgan fingerprint density at radius 2 is 2.43 bits per heavy atom. The summed E-state index contributed by atoms with van der Waals surface area (Å²) in [5.41, 5.74) is 1.63. The number of hydrogen-bond donors (Lipinski definition) is 1. The first-order valence-corrected chi connectivity index (χ1v) is 7.41. The Balaban J connectivity index is 2.05. The van der Waals surface area contributed by atoms with E-state index in [1.807, 2.05) is 36.8 Å². The lowest BCUT2D eigenvalue weighted by Crippen LogP contribution is -2.23. The predicted octanol–water partition coefficient (Wildman–Crippen LogP) is 2.35.